The van der Waals surface area contributed by atoms with E-state index in [0.29, 0.717) is 76.4 Å². The summed E-state index contributed by atoms with van der Waals surface area (Å²) in [6.07, 6.45) is -1.29. The van der Waals surface area contributed by atoms with E-state index in [1.165, 1.54) is 19.6 Å². The Morgan fingerprint density at radius 3 is 0.972 bits per heavy atom. The van der Waals surface area contributed by atoms with Crippen LogP contribution in [-0.4, -0.2) is 224 Å². The van der Waals surface area contributed by atoms with E-state index in [9.17, 15) is 9.59 Å². The Bertz CT molecular complexity index is 1200. The Hall–Kier alpha value is -1.62. The first-order chi connectivity index (χ1) is 35.0. The lowest BCUT2D eigenvalue weighted by molar-refractivity contribution is -0.190. The molecule has 0 rings (SSSR count). The van der Waals surface area contributed by atoms with E-state index in [1.807, 2.05) is 41.5 Å². The molecular formula is C45H96N6O17S2Si2. The van der Waals surface area contributed by atoms with Crippen molar-refractivity contribution in [3.63, 3.8) is 0 Å². The van der Waals surface area contributed by atoms with Crippen LogP contribution in [-0.2, 0) is 64.5 Å². The van der Waals surface area contributed by atoms with Gasteiger partial charge >= 0.3 is 35.7 Å². The van der Waals surface area contributed by atoms with Crippen molar-refractivity contribution in [1.82, 2.24) is 30.2 Å². The molecule has 2 atom stereocenters. The van der Waals surface area contributed by atoms with E-state index in [-0.39, 0.29) is 80.0 Å². The normalized spacial score (nSPS) is 12.7. The number of ether oxygens (including phenoxy) is 8. The van der Waals surface area contributed by atoms with Gasteiger partial charge in [-0.25, -0.2) is 14.4 Å². The predicted octanol–water partition coefficient (Wildman–Crippen LogP) is 6.64. The number of carbonyl (C=O) groups excluding carboxylic acids is 3. The number of nitrogens with one attached hydrogen (secondary N) is 2. The summed E-state index contributed by atoms with van der Waals surface area (Å²) >= 11 is 3.26. The second-order valence-corrected chi connectivity index (χ2v) is 22.6. The fraction of sp³-hybridized carbons (Fsp3) is 0.933. The molecule has 2 unspecified atom stereocenters. The number of urea groups is 3. The van der Waals surface area contributed by atoms with Crippen LogP contribution in [0.25, 0.3) is 0 Å². The first-order valence-electron chi connectivity index (χ1n) is 25.8. The van der Waals surface area contributed by atoms with Gasteiger partial charge in [-0.1, -0.05) is 0 Å². The van der Waals surface area contributed by atoms with Crippen LogP contribution in [0.15, 0.2) is 0 Å². The molecule has 27 heteroatoms. The quantitative estimate of drug-likeness (QED) is 0.0371. The highest BCUT2D eigenvalue weighted by atomic mass is 32.2. The molecule has 0 aromatic carbocycles. The zero-order valence-corrected chi connectivity index (χ0v) is 49.6. The minimum absolute atomic E-state index is 0.0970. The monoisotopic (exact) mass is 1110 g/mol. The van der Waals surface area contributed by atoms with Crippen LogP contribution in [0.5, 0.6) is 0 Å². The van der Waals surface area contributed by atoms with Crippen molar-refractivity contribution in [3.05, 3.63) is 0 Å². The molecule has 0 saturated heterocycles. The fourth-order valence-electron chi connectivity index (χ4n) is 6.54. The molecule has 428 valence electrons. The van der Waals surface area contributed by atoms with Crippen molar-refractivity contribution in [1.29, 1.82) is 0 Å². The summed E-state index contributed by atoms with van der Waals surface area (Å²) in [5, 5.41) is 5.49. The molecule has 23 nitrogen and oxygen atoms in total. The van der Waals surface area contributed by atoms with Gasteiger partial charge in [0.15, 0.2) is 0 Å². The highest BCUT2D eigenvalue weighted by molar-refractivity contribution is 7.99. The van der Waals surface area contributed by atoms with Gasteiger partial charge in [0.2, 0.25) is 12.7 Å². The third-order valence-corrected chi connectivity index (χ3v) is 18.0. The van der Waals surface area contributed by atoms with Crippen molar-refractivity contribution in [2.75, 3.05) is 156 Å². The minimum Gasteiger partial charge on any atom is -0.374 e. The van der Waals surface area contributed by atoms with E-state index in [1.54, 1.807) is 65.1 Å². The van der Waals surface area contributed by atoms with E-state index >= 15 is 4.79 Å². The van der Waals surface area contributed by atoms with E-state index in [4.69, 9.17) is 64.5 Å². The van der Waals surface area contributed by atoms with Gasteiger partial charge in [-0.15, -0.1) is 0 Å². The van der Waals surface area contributed by atoms with Gasteiger partial charge in [-0.05, 0) is 107 Å². The van der Waals surface area contributed by atoms with Crippen LogP contribution in [0.1, 0.15) is 95.9 Å². The topological polar surface area (TPSA) is 217 Å². The van der Waals surface area contributed by atoms with Gasteiger partial charge in [0, 0.05) is 103 Å². The summed E-state index contributed by atoms with van der Waals surface area (Å²) < 4.78 is 83.9. The second-order valence-electron chi connectivity index (χ2n) is 14.7. The van der Waals surface area contributed by atoms with Gasteiger partial charge in [0.05, 0.1) is 13.2 Å². The number of carbonyl (C=O) groups is 3. The van der Waals surface area contributed by atoms with E-state index < -0.39 is 48.4 Å². The molecule has 0 spiro atoms. The summed E-state index contributed by atoms with van der Waals surface area (Å²) in [6, 6.07) is -0.715. The van der Waals surface area contributed by atoms with E-state index in [0.717, 1.165) is 24.3 Å². The summed E-state index contributed by atoms with van der Waals surface area (Å²) in [5.74, 6) is 2.46. The number of thioether (sulfide) groups is 2. The first-order valence-corrected chi connectivity index (χ1v) is 32.0. The molecule has 0 heterocycles. The molecule has 0 radical (unpaired) electrons. The van der Waals surface area contributed by atoms with Crippen molar-refractivity contribution < 1.29 is 78.8 Å². The lowest BCUT2D eigenvalue weighted by atomic mass is 10.5. The highest BCUT2D eigenvalue weighted by Crippen LogP contribution is 2.23. The SMILES string of the molecule is CCOCNC(=O)N(COCC)C(OCCSCCC[Si](OCC)(OCC)OCC)N(COCC)C(=O)N(COCC)C(OCCSCCC[Si](OCC)(OCC)OCC)N(COCC)C(=O)NCOCC. The Morgan fingerprint density at radius 2 is 0.694 bits per heavy atom. The van der Waals surface area contributed by atoms with Crippen LogP contribution < -0.4 is 10.6 Å². The average molecular weight is 1110 g/mol. The van der Waals surface area contributed by atoms with Gasteiger partial charge in [0.25, 0.3) is 0 Å². The van der Waals surface area contributed by atoms with Crippen molar-refractivity contribution in [2.45, 2.75) is 121 Å². The van der Waals surface area contributed by atoms with Gasteiger partial charge in [-0.2, -0.15) is 23.5 Å². The third kappa shape index (κ3) is 29.6. The van der Waals surface area contributed by atoms with Crippen LogP contribution in [0.4, 0.5) is 14.4 Å². The van der Waals surface area contributed by atoms with Crippen molar-refractivity contribution >= 4 is 59.2 Å². The zero-order chi connectivity index (χ0) is 53.7. The summed E-state index contributed by atoms with van der Waals surface area (Å²) in [7, 11) is -5.66. The maximum absolute atomic E-state index is 15.5. The summed E-state index contributed by atoms with van der Waals surface area (Å²) in [6.45, 7) is 25.6. The standard InChI is InChI=1S/C45H96N6O17S2Si2/c1-13-55-35-46-41(52)48(37-57-15-3)44(61-27-31-69-29-25-33-71(63-19-7,64-20-8)65-21-9)50(39-59-17-5)43(54)51(40-60-18-6)45(49(38-58-16-4)42(53)47-36-56-14-2)62-28-32-70-30-26-34-72(66-22-10,67-23-11)68-24-12/h44-45H,13-40H2,1-12H3,(H,46,52)(H,47,53). The lowest BCUT2D eigenvalue weighted by Crippen LogP contribution is -2.65. The van der Waals surface area contributed by atoms with Crippen molar-refractivity contribution in [3.8, 4) is 0 Å². The van der Waals surface area contributed by atoms with Gasteiger partial charge < -0.3 is 75.1 Å². The minimum atomic E-state index is -2.83. The van der Waals surface area contributed by atoms with Crippen molar-refractivity contribution in [2.24, 2.45) is 0 Å². The molecule has 0 aliphatic rings. The average Bonchev–Trinajstić information content (AvgIpc) is 3.36. The molecule has 0 bridgehead atoms. The van der Waals surface area contributed by atoms with Crippen LogP contribution in [0.3, 0.4) is 0 Å². The molecular weight excluding hydrogens is 1020 g/mol. The summed E-state index contributed by atoms with van der Waals surface area (Å²) in [4.78, 5) is 48.7. The molecule has 0 aliphatic heterocycles. The number of nitrogens with zero attached hydrogens (tertiary/aromatic N) is 4. The molecule has 0 aromatic heterocycles. The molecule has 6 amide bonds. The molecule has 72 heavy (non-hydrogen) atoms. The number of hydrogen-bond donors (Lipinski definition) is 2. The van der Waals surface area contributed by atoms with Crippen LogP contribution in [0, 0.1) is 0 Å². The number of amides is 6. The number of hydrogen-bond acceptors (Lipinski definition) is 19. The second kappa shape index (κ2) is 46.7. The highest BCUT2D eigenvalue weighted by Gasteiger charge is 2.43. The van der Waals surface area contributed by atoms with Crippen LogP contribution >= 0.6 is 23.5 Å². The molecule has 2 N–H and O–H groups in total. The molecule has 0 aromatic rings. The van der Waals surface area contributed by atoms with Gasteiger partial charge in [0.1, 0.15) is 40.4 Å². The Labute approximate surface area is 443 Å². The molecule has 0 saturated carbocycles. The third-order valence-electron chi connectivity index (χ3n) is 9.59. The Balaban J connectivity index is 7.20. The largest absolute Gasteiger partial charge is 0.500 e. The first kappa shape index (κ1) is 70.4. The lowest BCUT2D eigenvalue weighted by Gasteiger charge is -2.43. The number of rotatable bonds is 50. The molecule has 0 fully saturated rings. The fourth-order valence-corrected chi connectivity index (χ4v) is 13.8. The maximum atomic E-state index is 15.5. The zero-order valence-electron chi connectivity index (χ0n) is 46.0. The predicted molar refractivity (Wildman–Crippen MR) is 283 cm³/mol. The van der Waals surface area contributed by atoms with E-state index in [2.05, 4.69) is 10.6 Å². The molecule has 0 aliphatic carbocycles. The summed E-state index contributed by atoms with van der Waals surface area (Å²) in [5.41, 5.74) is 0. The smallest absolute Gasteiger partial charge is 0.374 e. The van der Waals surface area contributed by atoms with Gasteiger partial charge in [-0.3, -0.25) is 19.6 Å². The van der Waals surface area contributed by atoms with Crippen LogP contribution in [0.2, 0.25) is 12.1 Å². The Morgan fingerprint density at radius 1 is 0.403 bits per heavy atom. The maximum Gasteiger partial charge on any atom is 0.500 e. The Kier molecular flexibility index (Phi) is 45.6.